The summed E-state index contributed by atoms with van der Waals surface area (Å²) in [5, 5.41) is 36.3. The molecule has 2 aliphatic rings. The van der Waals surface area contributed by atoms with Gasteiger partial charge in [-0.3, -0.25) is 0 Å². The van der Waals surface area contributed by atoms with E-state index in [-0.39, 0.29) is 18.3 Å². The number of allylic oxidation sites excluding steroid dienone is 4. The Kier molecular flexibility index (Phi) is 5.92. The molecule has 0 radical (unpaired) electrons. The van der Waals surface area contributed by atoms with Gasteiger partial charge in [-0.15, -0.1) is 0 Å². The first-order chi connectivity index (χ1) is 10.9. The highest BCUT2D eigenvalue weighted by Crippen LogP contribution is 2.35. The lowest BCUT2D eigenvalue weighted by Crippen LogP contribution is -2.39. The number of carbonyl (C=O) groups is 2. The zero-order valence-electron chi connectivity index (χ0n) is 14.1. The third kappa shape index (κ3) is 4.91. The molecule has 6 nitrogen and oxygen atoms in total. The highest BCUT2D eigenvalue weighted by molar-refractivity contribution is 5.81. The summed E-state index contributed by atoms with van der Waals surface area (Å²) in [6.07, 6.45) is 11.2. The topological polar surface area (TPSA) is 115 Å². The lowest BCUT2D eigenvalue weighted by atomic mass is 9.77. The van der Waals surface area contributed by atoms with Crippen molar-refractivity contribution in [3.05, 3.63) is 48.1 Å². The molecule has 6 heteroatoms. The molecule has 0 fully saturated rings. The van der Waals surface area contributed by atoms with Gasteiger partial charge in [-0.1, -0.05) is 56.7 Å². The molecule has 0 aliphatic heterocycles. The van der Waals surface area contributed by atoms with Crippen molar-refractivity contribution in [1.82, 2.24) is 0 Å². The Morgan fingerprint density at radius 2 is 1.50 bits per heavy atom. The fourth-order valence-corrected chi connectivity index (χ4v) is 2.16. The molecule has 0 bridgehead atoms. The van der Waals surface area contributed by atoms with Crippen LogP contribution in [-0.2, 0) is 9.59 Å². The van der Waals surface area contributed by atoms with Crippen LogP contribution < -0.4 is 0 Å². The summed E-state index contributed by atoms with van der Waals surface area (Å²) in [7, 11) is 0. The van der Waals surface area contributed by atoms with E-state index in [2.05, 4.69) is 0 Å². The van der Waals surface area contributed by atoms with Gasteiger partial charge in [0.05, 0.1) is 0 Å². The molecule has 2 aliphatic carbocycles. The van der Waals surface area contributed by atoms with E-state index in [1.165, 1.54) is 18.2 Å². The third-order valence-electron chi connectivity index (χ3n) is 3.88. The van der Waals surface area contributed by atoms with Gasteiger partial charge < -0.3 is 20.4 Å². The van der Waals surface area contributed by atoms with Crippen LogP contribution in [0, 0.1) is 5.41 Å². The van der Waals surface area contributed by atoms with Gasteiger partial charge in [0.2, 0.25) is 0 Å². The molecule has 132 valence electrons. The summed E-state index contributed by atoms with van der Waals surface area (Å²) in [6.45, 7) is 6.00. The van der Waals surface area contributed by atoms with Crippen LogP contribution in [0.4, 0.5) is 0 Å². The van der Waals surface area contributed by atoms with Gasteiger partial charge in [-0.05, 0) is 17.6 Å². The minimum Gasteiger partial charge on any atom is -0.479 e. The Morgan fingerprint density at radius 1 is 0.958 bits per heavy atom. The molecule has 2 unspecified atom stereocenters. The number of carboxylic acid groups (broad SMARTS) is 2. The highest BCUT2D eigenvalue weighted by atomic mass is 16.4. The Bertz CT molecular complexity index is 620. The number of carboxylic acids is 2. The van der Waals surface area contributed by atoms with E-state index in [1.807, 2.05) is 26.8 Å². The van der Waals surface area contributed by atoms with E-state index < -0.39 is 23.1 Å². The van der Waals surface area contributed by atoms with E-state index in [9.17, 15) is 19.8 Å². The lowest BCUT2D eigenvalue weighted by Gasteiger charge is -2.31. The highest BCUT2D eigenvalue weighted by Gasteiger charge is 2.37. The van der Waals surface area contributed by atoms with E-state index in [1.54, 1.807) is 18.2 Å². The summed E-state index contributed by atoms with van der Waals surface area (Å²) in [5.74, 6) is -2.39. The first-order valence-electron chi connectivity index (χ1n) is 7.55. The maximum atomic E-state index is 10.8. The maximum absolute atomic E-state index is 10.8. The fourth-order valence-electron chi connectivity index (χ4n) is 2.16. The number of rotatable bonds is 2. The standard InChI is InChI=1S/C11H16O3.C7H8O3/c1-10(2,3)8-5-4-6-11(14,7-8)9(12)13;8-6(9)7(10)4-2-1-3-5-7/h4-6,14H,7H2,1-3H3,(H,12,13);1-4,10H,5H2,(H,8,9). The van der Waals surface area contributed by atoms with E-state index in [4.69, 9.17) is 10.2 Å². The lowest BCUT2D eigenvalue weighted by molar-refractivity contribution is -0.154. The summed E-state index contributed by atoms with van der Waals surface area (Å²) in [6, 6.07) is 0. The van der Waals surface area contributed by atoms with Crippen LogP contribution in [0.25, 0.3) is 0 Å². The quantitative estimate of drug-likeness (QED) is 0.613. The Balaban J connectivity index is 0.000000254. The van der Waals surface area contributed by atoms with Gasteiger partial charge in [0.25, 0.3) is 0 Å². The van der Waals surface area contributed by atoms with Crippen molar-refractivity contribution in [2.45, 2.75) is 44.8 Å². The predicted octanol–water partition coefficient (Wildman–Crippen LogP) is 2.05. The molecule has 24 heavy (non-hydrogen) atoms. The van der Waals surface area contributed by atoms with Crippen molar-refractivity contribution in [2.75, 3.05) is 0 Å². The number of hydrogen-bond acceptors (Lipinski definition) is 4. The van der Waals surface area contributed by atoms with Crippen molar-refractivity contribution in [3.8, 4) is 0 Å². The van der Waals surface area contributed by atoms with Crippen LogP contribution in [0.15, 0.2) is 48.1 Å². The van der Waals surface area contributed by atoms with Gasteiger partial charge in [0.15, 0.2) is 11.2 Å². The van der Waals surface area contributed by atoms with E-state index in [0.29, 0.717) is 0 Å². The first kappa shape index (κ1) is 19.9. The van der Waals surface area contributed by atoms with E-state index >= 15 is 0 Å². The first-order valence-corrected chi connectivity index (χ1v) is 7.55. The van der Waals surface area contributed by atoms with Gasteiger partial charge in [0, 0.05) is 12.8 Å². The monoisotopic (exact) mass is 336 g/mol. The second-order valence-corrected chi connectivity index (χ2v) is 6.93. The van der Waals surface area contributed by atoms with Crippen molar-refractivity contribution >= 4 is 11.9 Å². The molecule has 4 N–H and O–H groups in total. The summed E-state index contributed by atoms with van der Waals surface area (Å²) < 4.78 is 0. The van der Waals surface area contributed by atoms with Crippen molar-refractivity contribution in [1.29, 1.82) is 0 Å². The predicted molar refractivity (Wildman–Crippen MR) is 89.4 cm³/mol. The molecule has 0 saturated carbocycles. The van der Waals surface area contributed by atoms with Gasteiger partial charge in [-0.2, -0.15) is 0 Å². The molecule has 0 aromatic carbocycles. The van der Waals surface area contributed by atoms with E-state index in [0.717, 1.165) is 5.57 Å². The number of hydrogen-bond donors (Lipinski definition) is 4. The zero-order chi connectivity index (χ0) is 18.6. The molecule has 0 aromatic heterocycles. The fraction of sp³-hybridized carbons (Fsp3) is 0.444. The number of aliphatic carboxylic acids is 2. The molecule has 0 amide bonds. The minimum absolute atomic E-state index is 0.103. The summed E-state index contributed by atoms with van der Waals surface area (Å²) in [5.41, 5.74) is -2.55. The largest absolute Gasteiger partial charge is 0.479 e. The van der Waals surface area contributed by atoms with Crippen LogP contribution in [0.1, 0.15) is 33.6 Å². The van der Waals surface area contributed by atoms with Crippen LogP contribution in [-0.4, -0.2) is 43.6 Å². The van der Waals surface area contributed by atoms with Crippen LogP contribution in [0.2, 0.25) is 0 Å². The van der Waals surface area contributed by atoms with Crippen molar-refractivity contribution < 1.29 is 30.0 Å². The molecule has 0 saturated heterocycles. The summed E-state index contributed by atoms with van der Waals surface area (Å²) in [4.78, 5) is 21.2. The number of aliphatic hydroxyl groups is 2. The molecule has 0 spiro atoms. The summed E-state index contributed by atoms with van der Waals surface area (Å²) >= 11 is 0. The van der Waals surface area contributed by atoms with Crippen LogP contribution in [0.3, 0.4) is 0 Å². The molecular formula is C18H24O6. The third-order valence-corrected chi connectivity index (χ3v) is 3.88. The van der Waals surface area contributed by atoms with Crippen molar-refractivity contribution in [2.24, 2.45) is 5.41 Å². The average Bonchev–Trinajstić information content (AvgIpc) is 2.47. The second-order valence-electron chi connectivity index (χ2n) is 6.93. The Labute approximate surface area is 141 Å². The molecule has 2 atom stereocenters. The van der Waals surface area contributed by atoms with Crippen LogP contribution >= 0.6 is 0 Å². The SMILES string of the molecule is CC(C)(C)C1=CC=CC(O)(C(=O)O)C1.O=C(O)C1(O)C=CC=CC1. The zero-order valence-corrected chi connectivity index (χ0v) is 14.1. The average molecular weight is 336 g/mol. The second kappa shape index (κ2) is 7.15. The van der Waals surface area contributed by atoms with Gasteiger partial charge in [0.1, 0.15) is 0 Å². The van der Waals surface area contributed by atoms with Crippen molar-refractivity contribution in [3.63, 3.8) is 0 Å². The smallest absolute Gasteiger partial charge is 0.340 e. The molecule has 0 aromatic rings. The maximum Gasteiger partial charge on any atom is 0.340 e. The molecule has 0 heterocycles. The normalized spacial score (nSPS) is 28.6. The Hall–Kier alpha value is -2.18. The minimum atomic E-state index is -1.72. The van der Waals surface area contributed by atoms with Crippen LogP contribution in [0.5, 0.6) is 0 Å². The molecule has 2 rings (SSSR count). The Morgan fingerprint density at radius 3 is 1.88 bits per heavy atom. The molecular weight excluding hydrogens is 312 g/mol. The van der Waals surface area contributed by atoms with Gasteiger partial charge in [-0.25, -0.2) is 9.59 Å². The van der Waals surface area contributed by atoms with Gasteiger partial charge >= 0.3 is 11.9 Å².